The number of nitrogens with zero attached hydrogens (tertiary/aromatic N) is 1. The Hall–Kier alpha value is -2.06. The van der Waals surface area contributed by atoms with E-state index in [2.05, 4.69) is 19.1 Å². The summed E-state index contributed by atoms with van der Waals surface area (Å²) in [5, 5.41) is 0.734. The van der Waals surface area contributed by atoms with Gasteiger partial charge in [-0.05, 0) is 42.7 Å². The van der Waals surface area contributed by atoms with E-state index in [9.17, 15) is 4.79 Å². The maximum absolute atomic E-state index is 12.3. The summed E-state index contributed by atoms with van der Waals surface area (Å²) in [6, 6.07) is 16.0. The van der Waals surface area contributed by atoms with Crippen molar-refractivity contribution in [2.45, 2.75) is 25.3 Å². The largest absolute Gasteiger partial charge is 0.302 e. The molecule has 22 heavy (non-hydrogen) atoms. The van der Waals surface area contributed by atoms with Crippen LogP contribution in [-0.4, -0.2) is 11.4 Å². The van der Waals surface area contributed by atoms with Gasteiger partial charge in [-0.2, -0.15) is 0 Å². The molecule has 1 unspecified atom stereocenters. The molecular formula is C19H16ClNO. The third-order valence-electron chi connectivity index (χ3n) is 4.65. The van der Waals surface area contributed by atoms with Crippen LogP contribution in [0.25, 0.3) is 5.57 Å². The van der Waals surface area contributed by atoms with Gasteiger partial charge < -0.3 is 4.90 Å². The molecular weight excluding hydrogens is 294 g/mol. The lowest BCUT2D eigenvalue weighted by Gasteiger charge is -2.39. The van der Waals surface area contributed by atoms with Crippen LogP contribution in [0.4, 0.5) is 5.69 Å². The molecule has 4 rings (SSSR count). The van der Waals surface area contributed by atoms with E-state index in [0.717, 1.165) is 28.3 Å². The van der Waals surface area contributed by atoms with Gasteiger partial charge in [0.15, 0.2) is 0 Å². The average molecular weight is 310 g/mol. The van der Waals surface area contributed by atoms with Crippen LogP contribution in [-0.2, 0) is 4.79 Å². The fourth-order valence-electron chi connectivity index (χ4n) is 3.57. The van der Waals surface area contributed by atoms with E-state index in [0.29, 0.717) is 6.42 Å². The van der Waals surface area contributed by atoms with E-state index in [-0.39, 0.29) is 11.4 Å². The van der Waals surface area contributed by atoms with Gasteiger partial charge in [-0.15, -0.1) is 0 Å². The zero-order valence-electron chi connectivity index (χ0n) is 12.3. The Morgan fingerprint density at radius 3 is 2.59 bits per heavy atom. The summed E-state index contributed by atoms with van der Waals surface area (Å²) in [6.07, 6.45) is 3.70. The minimum atomic E-state index is -0.236. The maximum Gasteiger partial charge on any atom is 0.227 e. The van der Waals surface area contributed by atoms with Gasteiger partial charge in [0.1, 0.15) is 0 Å². The van der Waals surface area contributed by atoms with E-state index >= 15 is 0 Å². The van der Waals surface area contributed by atoms with Gasteiger partial charge in [-0.3, -0.25) is 4.79 Å². The van der Waals surface area contributed by atoms with Gasteiger partial charge >= 0.3 is 0 Å². The fraction of sp³-hybridized carbons (Fsp3) is 0.211. The molecule has 2 heterocycles. The minimum absolute atomic E-state index is 0.210. The van der Waals surface area contributed by atoms with Crippen LogP contribution in [0.5, 0.6) is 0 Å². The molecule has 2 nitrogen and oxygen atoms in total. The first-order valence-corrected chi connectivity index (χ1v) is 7.88. The molecule has 0 bridgehead atoms. The maximum atomic E-state index is 12.3. The normalized spacial score (nSPS) is 23.1. The molecule has 0 radical (unpaired) electrons. The number of carbonyl (C=O) groups is 1. The van der Waals surface area contributed by atoms with E-state index in [1.165, 1.54) is 5.57 Å². The van der Waals surface area contributed by atoms with E-state index in [4.69, 9.17) is 11.6 Å². The van der Waals surface area contributed by atoms with Crippen molar-refractivity contribution < 1.29 is 4.79 Å². The van der Waals surface area contributed by atoms with Crippen LogP contribution in [0, 0.1) is 0 Å². The van der Waals surface area contributed by atoms with Crippen molar-refractivity contribution in [3.8, 4) is 0 Å². The van der Waals surface area contributed by atoms with Gasteiger partial charge in [0.25, 0.3) is 0 Å². The lowest BCUT2D eigenvalue weighted by Crippen LogP contribution is -2.44. The van der Waals surface area contributed by atoms with E-state index in [1.807, 2.05) is 47.4 Å². The zero-order valence-corrected chi connectivity index (χ0v) is 13.1. The second-order valence-corrected chi connectivity index (χ2v) is 6.60. The first kappa shape index (κ1) is 13.6. The Bertz CT molecular complexity index is 793. The standard InChI is InChI=1S/C19H16ClNO/c1-19-11-10-18(22)21(19)17-5-3-2-4-15(17)16(12-19)13-6-8-14(20)9-7-13/h2-9,12H,10-11H2,1H3. The number of amides is 1. The molecule has 2 aliphatic heterocycles. The van der Waals surface area contributed by atoms with Gasteiger partial charge in [0.2, 0.25) is 5.91 Å². The first-order valence-electron chi connectivity index (χ1n) is 7.50. The summed E-state index contributed by atoms with van der Waals surface area (Å²) >= 11 is 6.01. The Kier molecular flexibility index (Phi) is 2.92. The van der Waals surface area contributed by atoms with Crippen molar-refractivity contribution in [3.63, 3.8) is 0 Å². The number of hydrogen-bond acceptors (Lipinski definition) is 1. The van der Waals surface area contributed by atoms with Gasteiger partial charge in [-0.25, -0.2) is 0 Å². The third kappa shape index (κ3) is 1.91. The number of fused-ring (bicyclic) bond motifs is 3. The molecule has 1 atom stereocenters. The molecule has 110 valence electrons. The number of halogens is 1. The Morgan fingerprint density at radius 1 is 1.09 bits per heavy atom. The topological polar surface area (TPSA) is 20.3 Å². The summed E-state index contributed by atoms with van der Waals surface area (Å²) in [4.78, 5) is 14.3. The van der Waals surface area contributed by atoms with Gasteiger partial charge in [0, 0.05) is 17.0 Å². The monoisotopic (exact) mass is 309 g/mol. The van der Waals surface area contributed by atoms with Crippen molar-refractivity contribution in [1.82, 2.24) is 0 Å². The third-order valence-corrected chi connectivity index (χ3v) is 4.90. The summed E-state index contributed by atoms with van der Waals surface area (Å²) < 4.78 is 0. The summed E-state index contributed by atoms with van der Waals surface area (Å²) in [5.41, 5.74) is 4.20. The van der Waals surface area contributed by atoms with Crippen molar-refractivity contribution in [3.05, 3.63) is 70.8 Å². The van der Waals surface area contributed by atoms with Crippen LogP contribution in [0.15, 0.2) is 54.6 Å². The van der Waals surface area contributed by atoms with Crippen molar-refractivity contribution >= 4 is 28.8 Å². The molecule has 2 aliphatic rings. The minimum Gasteiger partial charge on any atom is -0.302 e. The molecule has 1 fully saturated rings. The smallest absolute Gasteiger partial charge is 0.227 e. The quantitative estimate of drug-likeness (QED) is 0.749. The molecule has 0 spiro atoms. The van der Waals surface area contributed by atoms with Crippen LogP contribution in [0.1, 0.15) is 30.9 Å². The second kappa shape index (κ2) is 4.72. The molecule has 2 aromatic rings. The molecule has 0 aliphatic carbocycles. The number of rotatable bonds is 1. The number of hydrogen-bond donors (Lipinski definition) is 0. The Balaban J connectivity index is 1.95. The molecule has 2 aromatic carbocycles. The van der Waals surface area contributed by atoms with E-state index < -0.39 is 0 Å². The van der Waals surface area contributed by atoms with Crippen LogP contribution in [0.3, 0.4) is 0 Å². The molecule has 0 aromatic heterocycles. The highest BCUT2D eigenvalue weighted by atomic mass is 35.5. The van der Waals surface area contributed by atoms with E-state index in [1.54, 1.807) is 0 Å². The highest BCUT2D eigenvalue weighted by Gasteiger charge is 2.44. The number of carbonyl (C=O) groups excluding carboxylic acids is 1. The number of anilines is 1. The lowest BCUT2D eigenvalue weighted by atomic mass is 9.84. The van der Waals surface area contributed by atoms with Crippen molar-refractivity contribution in [2.24, 2.45) is 0 Å². The van der Waals surface area contributed by atoms with Crippen molar-refractivity contribution in [2.75, 3.05) is 4.90 Å². The van der Waals surface area contributed by atoms with Crippen molar-refractivity contribution in [1.29, 1.82) is 0 Å². The molecule has 3 heteroatoms. The predicted molar refractivity (Wildman–Crippen MR) is 90.1 cm³/mol. The number of para-hydroxylation sites is 1. The first-order chi connectivity index (χ1) is 10.6. The van der Waals surface area contributed by atoms with Gasteiger partial charge in [0.05, 0.1) is 11.2 Å². The highest BCUT2D eigenvalue weighted by molar-refractivity contribution is 6.30. The fourth-order valence-corrected chi connectivity index (χ4v) is 3.69. The van der Waals surface area contributed by atoms with Crippen LogP contribution < -0.4 is 4.90 Å². The average Bonchev–Trinajstić information content (AvgIpc) is 2.83. The predicted octanol–water partition coefficient (Wildman–Crippen LogP) is 4.67. The molecule has 1 saturated heterocycles. The SMILES string of the molecule is CC12C=C(c3ccc(Cl)cc3)c3ccccc3N1C(=O)CC2. The Morgan fingerprint density at radius 2 is 1.82 bits per heavy atom. The summed E-state index contributed by atoms with van der Waals surface area (Å²) in [6.45, 7) is 2.14. The molecule has 0 N–H and O–H groups in total. The highest BCUT2D eigenvalue weighted by Crippen LogP contribution is 2.46. The summed E-state index contributed by atoms with van der Waals surface area (Å²) in [5.74, 6) is 0.210. The number of benzene rings is 2. The molecule has 0 saturated carbocycles. The van der Waals surface area contributed by atoms with Gasteiger partial charge in [-0.1, -0.05) is 48.0 Å². The molecule has 1 amide bonds. The Labute approximate surface area is 135 Å². The van der Waals surface area contributed by atoms with Crippen LogP contribution in [0.2, 0.25) is 5.02 Å². The lowest BCUT2D eigenvalue weighted by molar-refractivity contribution is -0.117. The zero-order chi connectivity index (χ0) is 15.3. The summed E-state index contributed by atoms with van der Waals surface area (Å²) in [7, 11) is 0. The second-order valence-electron chi connectivity index (χ2n) is 6.17. The van der Waals surface area contributed by atoms with Crippen LogP contribution >= 0.6 is 11.6 Å².